The van der Waals surface area contributed by atoms with E-state index in [0.29, 0.717) is 22.0 Å². The van der Waals surface area contributed by atoms with Crippen LogP contribution in [0.15, 0.2) is 108 Å². The van der Waals surface area contributed by atoms with Gasteiger partial charge in [-0.25, -0.2) is 8.42 Å². The number of hydrogen-bond acceptors (Lipinski definition) is 5. The number of nitrogens with one attached hydrogen (secondary N) is 1. The van der Waals surface area contributed by atoms with Gasteiger partial charge in [0, 0.05) is 24.0 Å². The lowest BCUT2D eigenvalue weighted by atomic mass is 10.0. The smallest absolute Gasteiger partial charge is 0.264 e. The number of nitrogens with zero attached hydrogens (tertiary/aromatic N) is 2. The van der Waals surface area contributed by atoms with E-state index in [2.05, 4.69) is 5.32 Å². The van der Waals surface area contributed by atoms with Crippen LogP contribution in [0.4, 0.5) is 5.69 Å². The molecule has 4 aromatic carbocycles. The zero-order valence-electron chi connectivity index (χ0n) is 25.8. The first-order chi connectivity index (χ1) is 21.5. The highest BCUT2D eigenvalue weighted by Crippen LogP contribution is 2.28. The predicted octanol–water partition coefficient (Wildman–Crippen LogP) is 6.02. The summed E-state index contributed by atoms with van der Waals surface area (Å²) < 4.78 is 34.8. The fourth-order valence-corrected chi connectivity index (χ4v) is 6.60. The summed E-state index contributed by atoms with van der Waals surface area (Å²) in [6.07, 6.45) is 0.226. The van der Waals surface area contributed by atoms with Crippen molar-refractivity contribution in [3.05, 3.63) is 125 Å². The Morgan fingerprint density at radius 1 is 0.867 bits per heavy atom. The van der Waals surface area contributed by atoms with Crippen LogP contribution in [0.25, 0.3) is 0 Å². The number of carbonyl (C=O) groups excluding carboxylic acids is 2. The highest BCUT2D eigenvalue weighted by atomic mass is 35.5. The van der Waals surface area contributed by atoms with Gasteiger partial charge in [-0.1, -0.05) is 72.3 Å². The van der Waals surface area contributed by atoms with Gasteiger partial charge >= 0.3 is 0 Å². The van der Waals surface area contributed by atoms with Crippen LogP contribution in [0.3, 0.4) is 0 Å². The Labute approximate surface area is 270 Å². The fraction of sp³-hybridized carbons (Fsp3) is 0.257. The second-order valence-electron chi connectivity index (χ2n) is 11.0. The highest BCUT2D eigenvalue weighted by molar-refractivity contribution is 7.92. The minimum absolute atomic E-state index is 0.0133. The number of anilines is 1. The van der Waals surface area contributed by atoms with Gasteiger partial charge in [0.1, 0.15) is 18.3 Å². The molecular weight excluding hydrogens is 610 g/mol. The fourth-order valence-electron chi connectivity index (χ4n) is 4.99. The second kappa shape index (κ2) is 15.1. The number of amides is 2. The average molecular weight is 648 g/mol. The standard InChI is InChI=1S/C35H38ClN3O5S/c1-25(2)37-35(41)33(22-27-12-6-5-7-13-27)38(23-28-14-10-15-30(21-28)44-4)34(40)24-39(32-16-9-8-11-26(32)3)45(42,43)31-19-17-29(36)18-20-31/h5-21,25,33H,22-24H2,1-4H3,(H,37,41)/t33-/m1/s1. The largest absolute Gasteiger partial charge is 0.497 e. The van der Waals surface area contributed by atoms with Crippen LogP contribution in [0.2, 0.25) is 5.02 Å². The van der Waals surface area contributed by atoms with Gasteiger partial charge in [0.2, 0.25) is 11.8 Å². The first-order valence-corrected chi connectivity index (χ1v) is 16.4. The van der Waals surface area contributed by atoms with Crippen molar-refractivity contribution < 1.29 is 22.7 Å². The molecule has 0 spiro atoms. The van der Waals surface area contributed by atoms with Gasteiger partial charge in [0.05, 0.1) is 17.7 Å². The zero-order chi connectivity index (χ0) is 32.6. The molecule has 4 aromatic rings. The maximum atomic E-state index is 14.5. The third-order valence-corrected chi connectivity index (χ3v) is 9.28. The summed E-state index contributed by atoms with van der Waals surface area (Å²) in [7, 11) is -2.67. The summed E-state index contributed by atoms with van der Waals surface area (Å²) in [5.41, 5.74) is 2.60. The van der Waals surface area contributed by atoms with Crippen molar-refractivity contribution in [2.45, 2.75) is 50.7 Å². The Balaban J connectivity index is 1.82. The van der Waals surface area contributed by atoms with Gasteiger partial charge < -0.3 is 15.0 Å². The van der Waals surface area contributed by atoms with E-state index in [-0.39, 0.29) is 29.8 Å². The molecule has 0 bridgehead atoms. The highest BCUT2D eigenvalue weighted by Gasteiger charge is 2.35. The summed E-state index contributed by atoms with van der Waals surface area (Å²) in [5.74, 6) is -0.287. The van der Waals surface area contributed by atoms with Crippen molar-refractivity contribution in [3.63, 3.8) is 0 Å². The first-order valence-electron chi connectivity index (χ1n) is 14.6. The summed E-state index contributed by atoms with van der Waals surface area (Å²) in [4.78, 5) is 29.8. The number of rotatable bonds is 13. The molecule has 0 aliphatic heterocycles. The molecule has 0 heterocycles. The van der Waals surface area contributed by atoms with E-state index in [4.69, 9.17) is 16.3 Å². The van der Waals surface area contributed by atoms with Crippen molar-refractivity contribution in [3.8, 4) is 5.75 Å². The predicted molar refractivity (Wildman–Crippen MR) is 178 cm³/mol. The topological polar surface area (TPSA) is 96.0 Å². The van der Waals surface area contributed by atoms with Crippen molar-refractivity contribution >= 4 is 39.1 Å². The van der Waals surface area contributed by atoms with Crippen LogP contribution in [-0.4, -0.2) is 50.9 Å². The number of carbonyl (C=O) groups is 2. The molecule has 4 rings (SSSR count). The van der Waals surface area contributed by atoms with E-state index >= 15 is 0 Å². The van der Waals surface area contributed by atoms with E-state index in [1.807, 2.05) is 56.3 Å². The molecular formula is C35H38ClN3O5S. The molecule has 0 saturated carbocycles. The van der Waals surface area contributed by atoms with E-state index in [1.54, 1.807) is 50.4 Å². The Morgan fingerprint density at radius 3 is 2.16 bits per heavy atom. The molecule has 0 saturated heterocycles. The summed E-state index contributed by atoms with van der Waals surface area (Å²) in [6, 6.07) is 28.3. The van der Waals surface area contributed by atoms with Crippen molar-refractivity contribution in [2.75, 3.05) is 18.0 Å². The quantitative estimate of drug-likeness (QED) is 0.192. The molecule has 8 nitrogen and oxygen atoms in total. The van der Waals surface area contributed by atoms with Gasteiger partial charge in [-0.2, -0.15) is 0 Å². The third kappa shape index (κ3) is 8.65. The number of aryl methyl sites for hydroxylation is 1. The molecule has 1 atom stereocenters. The minimum atomic E-state index is -4.22. The summed E-state index contributed by atoms with van der Waals surface area (Å²) in [5, 5.41) is 3.35. The Morgan fingerprint density at radius 2 is 1.51 bits per heavy atom. The van der Waals surface area contributed by atoms with Crippen LogP contribution >= 0.6 is 11.6 Å². The van der Waals surface area contributed by atoms with Crippen molar-refractivity contribution in [1.29, 1.82) is 0 Å². The lowest BCUT2D eigenvalue weighted by Gasteiger charge is -2.34. The number of hydrogen-bond donors (Lipinski definition) is 1. The molecule has 0 fully saturated rings. The maximum absolute atomic E-state index is 14.5. The molecule has 0 aromatic heterocycles. The van der Waals surface area contributed by atoms with Crippen LogP contribution in [0.5, 0.6) is 5.75 Å². The lowest BCUT2D eigenvalue weighted by Crippen LogP contribution is -2.54. The average Bonchev–Trinajstić information content (AvgIpc) is 3.02. The molecule has 45 heavy (non-hydrogen) atoms. The third-order valence-electron chi connectivity index (χ3n) is 7.25. The van der Waals surface area contributed by atoms with Gasteiger partial charge in [0.25, 0.3) is 10.0 Å². The number of benzene rings is 4. The van der Waals surface area contributed by atoms with Crippen LogP contribution in [0.1, 0.15) is 30.5 Å². The Bertz CT molecular complexity index is 1710. The molecule has 0 radical (unpaired) electrons. The zero-order valence-corrected chi connectivity index (χ0v) is 27.4. The molecule has 2 amide bonds. The van der Waals surface area contributed by atoms with Crippen LogP contribution in [0, 0.1) is 6.92 Å². The lowest BCUT2D eigenvalue weighted by molar-refractivity contribution is -0.140. The molecule has 0 unspecified atom stereocenters. The number of para-hydroxylation sites is 1. The van der Waals surface area contributed by atoms with Gasteiger partial charge in [-0.15, -0.1) is 0 Å². The summed E-state index contributed by atoms with van der Waals surface area (Å²) in [6.45, 7) is 4.99. The molecule has 0 aliphatic rings. The minimum Gasteiger partial charge on any atom is -0.497 e. The molecule has 236 valence electrons. The van der Waals surface area contributed by atoms with Gasteiger partial charge in [0.15, 0.2) is 0 Å². The molecule has 1 N–H and O–H groups in total. The number of halogens is 1. The number of ether oxygens (including phenoxy) is 1. The van der Waals surface area contributed by atoms with Crippen LogP contribution < -0.4 is 14.4 Å². The van der Waals surface area contributed by atoms with Gasteiger partial charge in [-0.3, -0.25) is 13.9 Å². The number of sulfonamides is 1. The Kier molecular flexibility index (Phi) is 11.3. The van der Waals surface area contributed by atoms with Crippen molar-refractivity contribution in [2.24, 2.45) is 0 Å². The van der Waals surface area contributed by atoms with E-state index in [9.17, 15) is 18.0 Å². The van der Waals surface area contributed by atoms with E-state index in [0.717, 1.165) is 15.4 Å². The normalized spacial score (nSPS) is 12.0. The Hall–Kier alpha value is -4.34. The van der Waals surface area contributed by atoms with Crippen LogP contribution in [-0.2, 0) is 32.6 Å². The monoisotopic (exact) mass is 647 g/mol. The molecule has 10 heteroatoms. The van der Waals surface area contributed by atoms with E-state index < -0.39 is 28.5 Å². The number of methoxy groups -OCH3 is 1. The van der Waals surface area contributed by atoms with Crippen molar-refractivity contribution in [1.82, 2.24) is 10.2 Å². The SMILES string of the molecule is COc1cccc(CN(C(=O)CN(c2ccccc2C)S(=O)(=O)c2ccc(Cl)cc2)[C@H](Cc2ccccc2)C(=O)NC(C)C)c1. The van der Waals surface area contributed by atoms with Gasteiger partial charge in [-0.05, 0) is 79.9 Å². The first kappa shape index (κ1) is 33.6. The van der Waals surface area contributed by atoms with E-state index in [1.165, 1.54) is 29.2 Å². The summed E-state index contributed by atoms with van der Waals surface area (Å²) >= 11 is 6.06. The molecule has 0 aliphatic carbocycles. The maximum Gasteiger partial charge on any atom is 0.264 e. The second-order valence-corrected chi connectivity index (χ2v) is 13.3.